The van der Waals surface area contributed by atoms with Gasteiger partial charge in [-0.05, 0) is 35.5 Å². The lowest BCUT2D eigenvalue weighted by atomic mass is 10.0. The molecule has 0 N–H and O–H groups in total. The molecule has 3 aromatic rings. The van der Waals surface area contributed by atoms with Crippen molar-refractivity contribution in [1.82, 2.24) is 0 Å². The Morgan fingerprint density at radius 2 is 1.74 bits per heavy atom. The van der Waals surface area contributed by atoms with Crippen LogP contribution < -0.4 is 5.63 Å². The first-order chi connectivity index (χ1) is 10.8. The Bertz CT molecular complexity index is 920. The Kier molecular flexibility index (Phi) is 4.25. The molecule has 118 valence electrons. The van der Waals surface area contributed by atoms with Crippen LogP contribution in [0.15, 0.2) is 67.1 Å². The van der Waals surface area contributed by atoms with Crippen molar-refractivity contribution in [2.45, 2.75) is 10.4 Å². The van der Waals surface area contributed by atoms with Gasteiger partial charge in [-0.25, -0.2) is 4.79 Å². The number of fused-ring (bicyclic) bond motifs is 1. The molecule has 0 aliphatic heterocycles. The van der Waals surface area contributed by atoms with Gasteiger partial charge >= 0.3 is 11.1 Å². The zero-order valence-electron chi connectivity index (χ0n) is 11.4. The van der Waals surface area contributed by atoms with Crippen molar-refractivity contribution in [3.63, 3.8) is 0 Å². The number of benzene rings is 2. The summed E-state index contributed by atoms with van der Waals surface area (Å²) in [6.45, 7) is 0. The molecule has 0 bridgehead atoms. The summed E-state index contributed by atoms with van der Waals surface area (Å²) in [5.41, 5.74) is -4.60. The second-order valence-corrected chi connectivity index (χ2v) is 6.64. The van der Waals surface area contributed by atoms with Gasteiger partial charge in [0.15, 0.2) is 0 Å². The van der Waals surface area contributed by atoms with E-state index in [2.05, 4.69) is 15.9 Å². The van der Waals surface area contributed by atoms with Crippen molar-refractivity contribution in [2.75, 3.05) is 0 Å². The van der Waals surface area contributed by atoms with Crippen molar-refractivity contribution in [1.29, 1.82) is 0 Å². The highest BCUT2D eigenvalue weighted by atomic mass is 79.9. The third-order valence-corrected chi connectivity index (χ3v) is 4.41. The van der Waals surface area contributed by atoms with E-state index in [1.165, 1.54) is 0 Å². The average molecular weight is 401 g/mol. The van der Waals surface area contributed by atoms with E-state index < -0.39 is 27.8 Å². The topological polar surface area (TPSA) is 30.2 Å². The molecule has 2 nitrogen and oxygen atoms in total. The molecule has 1 heterocycles. The highest BCUT2D eigenvalue weighted by Gasteiger charge is 2.33. The molecule has 0 saturated heterocycles. The van der Waals surface area contributed by atoms with E-state index in [1.807, 2.05) is 0 Å². The van der Waals surface area contributed by atoms with Crippen molar-refractivity contribution >= 4 is 38.7 Å². The van der Waals surface area contributed by atoms with Gasteiger partial charge in [-0.3, -0.25) is 0 Å². The molecule has 0 amide bonds. The zero-order chi connectivity index (χ0) is 16.6. The highest BCUT2D eigenvalue weighted by Crippen LogP contribution is 2.42. The Hall–Kier alpha value is -1.73. The molecule has 0 aliphatic carbocycles. The lowest BCUT2D eigenvalue weighted by Gasteiger charge is -2.13. The second kappa shape index (κ2) is 6.05. The van der Waals surface area contributed by atoms with Gasteiger partial charge in [0.05, 0.1) is 0 Å². The molecule has 23 heavy (non-hydrogen) atoms. The minimum atomic E-state index is -4.58. The third kappa shape index (κ3) is 3.45. The van der Waals surface area contributed by atoms with Gasteiger partial charge < -0.3 is 4.42 Å². The van der Waals surface area contributed by atoms with Crippen LogP contribution in [0, 0.1) is 0 Å². The van der Waals surface area contributed by atoms with Crippen LogP contribution in [-0.2, 0) is 0 Å². The van der Waals surface area contributed by atoms with E-state index in [1.54, 1.807) is 48.5 Å². The van der Waals surface area contributed by atoms with E-state index in [9.17, 15) is 18.0 Å². The number of alkyl halides is 3. The Morgan fingerprint density at radius 1 is 1.04 bits per heavy atom. The summed E-state index contributed by atoms with van der Waals surface area (Å²) in [7, 11) is 0. The average Bonchev–Trinajstić information content (AvgIpc) is 2.48. The number of thioether (sulfide) groups is 1. The van der Waals surface area contributed by atoms with Gasteiger partial charge in [0.2, 0.25) is 0 Å². The van der Waals surface area contributed by atoms with Crippen molar-refractivity contribution < 1.29 is 17.6 Å². The van der Waals surface area contributed by atoms with Crippen LogP contribution in [0.1, 0.15) is 0 Å². The van der Waals surface area contributed by atoms with Crippen molar-refractivity contribution in [3.8, 4) is 11.1 Å². The first kappa shape index (κ1) is 16.1. The molecule has 2 aromatic carbocycles. The minimum Gasteiger partial charge on any atom is -0.422 e. The van der Waals surface area contributed by atoms with Crippen LogP contribution in [0.3, 0.4) is 0 Å². The number of hydrogen-bond donors (Lipinski definition) is 0. The molecule has 1 aromatic heterocycles. The lowest BCUT2D eigenvalue weighted by Crippen LogP contribution is -2.10. The zero-order valence-corrected chi connectivity index (χ0v) is 13.8. The van der Waals surface area contributed by atoms with Gasteiger partial charge in [-0.2, -0.15) is 13.2 Å². The normalized spacial score (nSPS) is 11.8. The van der Waals surface area contributed by atoms with Crippen LogP contribution in [0.25, 0.3) is 22.1 Å². The largest absolute Gasteiger partial charge is 0.446 e. The van der Waals surface area contributed by atoms with E-state index in [0.717, 1.165) is 0 Å². The molecular formula is C16H8BrF3O2S. The van der Waals surface area contributed by atoms with Crippen LogP contribution >= 0.6 is 27.7 Å². The fraction of sp³-hybridized carbons (Fsp3) is 0.0625. The summed E-state index contributed by atoms with van der Waals surface area (Å²) in [4.78, 5) is 11.7. The maximum atomic E-state index is 12.9. The molecule has 7 heteroatoms. The third-order valence-electron chi connectivity index (χ3n) is 3.11. The summed E-state index contributed by atoms with van der Waals surface area (Å²) in [6.07, 6.45) is 0. The smallest absolute Gasteiger partial charge is 0.422 e. The van der Waals surface area contributed by atoms with Gasteiger partial charge in [-0.1, -0.05) is 46.3 Å². The Morgan fingerprint density at radius 3 is 2.39 bits per heavy atom. The highest BCUT2D eigenvalue weighted by molar-refractivity contribution is 9.10. The number of hydrogen-bond acceptors (Lipinski definition) is 3. The fourth-order valence-electron chi connectivity index (χ4n) is 2.26. The minimum absolute atomic E-state index is 0.228. The van der Waals surface area contributed by atoms with Gasteiger partial charge in [-0.15, -0.1) is 0 Å². The van der Waals surface area contributed by atoms with E-state index in [0.29, 0.717) is 15.4 Å². The summed E-state index contributed by atoms with van der Waals surface area (Å²) in [5.74, 6) is 0. The van der Waals surface area contributed by atoms with E-state index in [-0.39, 0.29) is 11.1 Å². The molecule has 0 aliphatic rings. The first-order valence-electron chi connectivity index (χ1n) is 6.43. The van der Waals surface area contributed by atoms with Gasteiger partial charge in [0.1, 0.15) is 10.5 Å². The van der Waals surface area contributed by atoms with Gasteiger partial charge in [0, 0.05) is 15.4 Å². The molecule has 0 atom stereocenters. The van der Waals surface area contributed by atoms with Crippen LogP contribution in [-0.4, -0.2) is 5.51 Å². The lowest BCUT2D eigenvalue weighted by molar-refractivity contribution is -0.0329. The molecule has 0 fully saturated rings. The second-order valence-electron chi connectivity index (χ2n) is 4.65. The molecule has 0 spiro atoms. The molecule has 0 saturated carbocycles. The molecule has 3 rings (SSSR count). The predicted octanol–water partition coefficient (Wildman–Crippen LogP) is 5.83. The first-order valence-corrected chi connectivity index (χ1v) is 8.03. The van der Waals surface area contributed by atoms with Gasteiger partial charge in [0.25, 0.3) is 0 Å². The Labute approximate surface area is 141 Å². The number of rotatable bonds is 2. The summed E-state index contributed by atoms with van der Waals surface area (Å²) >= 11 is 2.81. The molecular weight excluding hydrogens is 393 g/mol. The predicted molar refractivity (Wildman–Crippen MR) is 87.5 cm³/mol. The molecule has 0 unspecified atom stereocenters. The fourth-order valence-corrected chi connectivity index (χ4v) is 3.28. The van der Waals surface area contributed by atoms with E-state index in [4.69, 9.17) is 4.42 Å². The number of halogens is 4. The maximum absolute atomic E-state index is 12.9. The van der Waals surface area contributed by atoms with Crippen molar-refractivity contribution in [3.05, 3.63) is 63.4 Å². The quantitative estimate of drug-likeness (QED) is 0.400. The van der Waals surface area contributed by atoms with Crippen LogP contribution in [0.2, 0.25) is 0 Å². The Balaban J connectivity index is 2.39. The monoisotopic (exact) mass is 400 g/mol. The molecule has 0 radical (unpaired) electrons. The SMILES string of the molecule is O=c1oc2cc(Br)ccc2c(-c2ccccc2)c1SC(F)(F)F. The summed E-state index contributed by atoms with van der Waals surface area (Å²) in [6, 6.07) is 13.4. The summed E-state index contributed by atoms with van der Waals surface area (Å²) < 4.78 is 44.3. The standard InChI is InChI=1S/C16H8BrF3O2S/c17-10-6-7-11-12(8-10)22-15(21)14(23-16(18,19)20)13(11)9-4-2-1-3-5-9/h1-8H. The summed E-state index contributed by atoms with van der Waals surface area (Å²) in [5, 5.41) is 0.450. The van der Waals surface area contributed by atoms with Crippen LogP contribution in [0.4, 0.5) is 13.2 Å². The maximum Gasteiger partial charge on any atom is 0.446 e. The van der Waals surface area contributed by atoms with Crippen LogP contribution in [0.5, 0.6) is 0 Å². The van der Waals surface area contributed by atoms with Crippen molar-refractivity contribution in [2.24, 2.45) is 0 Å². The van der Waals surface area contributed by atoms with E-state index >= 15 is 0 Å².